The third-order valence-corrected chi connectivity index (χ3v) is 3.95. The Balaban J connectivity index is 1.98. The van der Waals surface area contributed by atoms with Crippen molar-refractivity contribution in [2.24, 2.45) is 0 Å². The van der Waals surface area contributed by atoms with Crippen molar-refractivity contribution in [1.82, 2.24) is 10.8 Å². The number of rotatable bonds is 7. The van der Waals surface area contributed by atoms with Gasteiger partial charge < -0.3 is 15.4 Å². The first-order chi connectivity index (χ1) is 12.0. The highest BCUT2D eigenvalue weighted by molar-refractivity contribution is 9.10. The van der Waals surface area contributed by atoms with Gasteiger partial charge in [0.05, 0.1) is 13.7 Å². The fourth-order valence-corrected chi connectivity index (χ4v) is 2.39. The van der Waals surface area contributed by atoms with Gasteiger partial charge in [0.2, 0.25) is 5.91 Å². The monoisotopic (exact) mass is 407 g/mol. The molecule has 0 spiro atoms. The lowest BCUT2D eigenvalue weighted by molar-refractivity contribution is -0.134. The molecule has 0 saturated carbocycles. The molecule has 1 atom stereocenters. The lowest BCUT2D eigenvalue weighted by Crippen LogP contribution is -2.41. The van der Waals surface area contributed by atoms with Crippen molar-refractivity contribution in [3.05, 3.63) is 58.6 Å². The number of ether oxygens (including phenoxy) is 1. The number of amides is 2. The van der Waals surface area contributed by atoms with Crippen LogP contribution in [0.25, 0.3) is 0 Å². The topological polar surface area (TPSA) is 99.7 Å². The SMILES string of the molecule is COc1ccc(NCC(=O)NC(C(=O)NO)c2ccc(Br)cc2)cc1. The second-order valence-electron chi connectivity index (χ2n) is 5.11. The van der Waals surface area contributed by atoms with Crippen LogP contribution in [-0.2, 0) is 9.59 Å². The highest BCUT2D eigenvalue weighted by Gasteiger charge is 2.22. The number of carbonyl (C=O) groups is 2. The van der Waals surface area contributed by atoms with Crippen LogP contribution < -0.4 is 20.9 Å². The van der Waals surface area contributed by atoms with Crippen molar-refractivity contribution in [2.45, 2.75) is 6.04 Å². The van der Waals surface area contributed by atoms with Gasteiger partial charge in [-0.25, -0.2) is 5.48 Å². The Morgan fingerprint density at radius 3 is 2.32 bits per heavy atom. The van der Waals surface area contributed by atoms with Crippen molar-refractivity contribution in [3.63, 3.8) is 0 Å². The van der Waals surface area contributed by atoms with E-state index in [0.717, 1.165) is 10.2 Å². The summed E-state index contributed by atoms with van der Waals surface area (Å²) in [6.45, 7) is -0.0297. The first-order valence-corrected chi connectivity index (χ1v) is 8.19. The average Bonchev–Trinajstić information content (AvgIpc) is 2.65. The highest BCUT2D eigenvalue weighted by atomic mass is 79.9. The molecule has 0 aliphatic carbocycles. The van der Waals surface area contributed by atoms with Gasteiger partial charge in [0.1, 0.15) is 11.8 Å². The molecule has 0 heterocycles. The first-order valence-electron chi connectivity index (χ1n) is 7.40. The Hall–Kier alpha value is -2.58. The third kappa shape index (κ3) is 5.47. The van der Waals surface area contributed by atoms with Crippen LogP contribution in [0, 0.1) is 0 Å². The van der Waals surface area contributed by atoms with Crippen LogP contribution in [0.5, 0.6) is 5.75 Å². The maximum atomic E-state index is 12.1. The molecule has 2 amide bonds. The summed E-state index contributed by atoms with van der Waals surface area (Å²) in [6, 6.07) is 12.9. The molecule has 25 heavy (non-hydrogen) atoms. The van der Waals surface area contributed by atoms with Gasteiger partial charge in [0.15, 0.2) is 0 Å². The maximum Gasteiger partial charge on any atom is 0.270 e. The normalized spacial score (nSPS) is 11.3. The standard InChI is InChI=1S/C17H18BrN3O4/c1-25-14-8-6-13(7-9-14)19-10-15(22)20-16(17(23)21-24)11-2-4-12(18)5-3-11/h2-9,16,19,24H,10H2,1H3,(H,20,22)(H,21,23). The van der Waals surface area contributed by atoms with Crippen molar-refractivity contribution in [3.8, 4) is 5.75 Å². The molecule has 4 N–H and O–H groups in total. The van der Waals surface area contributed by atoms with Gasteiger partial charge in [-0.05, 0) is 42.0 Å². The van der Waals surface area contributed by atoms with Gasteiger partial charge in [-0.2, -0.15) is 0 Å². The van der Waals surface area contributed by atoms with Gasteiger partial charge in [-0.15, -0.1) is 0 Å². The summed E-state index contributed by atoms with van der Waals surface area (Å²) >= 11 is 3.30. The number of halogens is 1. The molecular weight excluding hydrogens is 390 g/mol. The van der Waals surface area contributed by atoms with Crippen molar-refractivity contribution >= 4 is 33.4 Å². The lowest BCUT2D eigenvalue weighted by Gasteiger charge is -2.17. The molecule has 2 aromatic carbocycles. The molecule has 8 heteroatoms. The molecular formula is C17H18BrN3O4. The van der Waals surface area contributed by atoms with Crippen LogP contribution >= 0.6 is 15.9 Å². The van der Waals surface area contributed by atoms with E-state index in [1.807, 2.05) is 0 Å². The number of hydroxylamine groups is 1. The number of hydrogen-bond acceptors (Lipinski definition) is 5. The molecule has 0 aromatic heterocycles. The third-order valence-electron chi connectivity index (χ3n) is 3.42. The van der Waals surface area contributed by atoms with E-state index in [2.05, 4.69) is 26.6 Å². The molecule has 2 rings (SSSR count). The molecule has 0 aliphatic heterocycles. The van der Waals surface area contributed by atoms with Gasteiger partial charge >= 0.3 is 0 Å². The Morgan fingerprint density at radius 2 is 1.76 bits per heavy atom. The maximum absolute atomic E-state index is 12.1. The van der Waals surface area contributed by atoms with Crippen LogP contribution in [0.2, 0.25) is 0 Å². The molecule has 0 bridgehead atoms. The summed E-state index contributed by atoms with van der Waals surface area (Å²) < 4.78 is 5.90. The van der Waals surface area contributed by atoms with E-state index in [9.17, 15) is 9.59 Å². The molecule has 0 radical (unpaired) electrons. The zero-order valence-corrected chi connectivity index (χ0v) is 15.0. The van der Waals surface area contributed by atoms with E-state index in [4.69, 9.17) is 9.94 Å². The van der Waals surface area contributed by atoms with E-state index in [0.29, 0.717) is 11.3 Å². The number of hydrogen-bond donors (Lipinski definition) is 4. The predicted molar refractivity (Wildman–Crippen MR) is 96.4 cm³/mol. The summed E-state index contributed by atoms with van der Waals surface area (Å²) in [4.78, 5) is 24.0. The van der Waals surface area contributed by atoms with Crippen molar-refractivity contribution in [2.75, 3.05) is 19.0 Å². The second kappa shape index (κ2) is 9.05. The predicted octanol–water partition coefficient (Wildman–Crippen LogP) is 2.23. The van der Waals surface area contributed by atoms with Gasteiger partial charge in [0.25, 0.3) is 5.91 Å². The minimum absolute atomic E-state index is 0.0297. The van der Waals surface area contributed by atoms with Gasteiger partial charge in [-0.3, -0.25) is 14.8 Å². The zero-order chi connectivity index (χ0) is 18.2. The van der Waals surface area contributed by atoms with E-state index in [1.54, 1.807) is 61.1 Å². The van der Waals surface area contributed by atoms with Crippen LogP contribution in [0.3, 0.4) is 0 Å². The molecule has 132 valence electrons. The highest BCUT2D eigenvalue weighted by Crippen LogP contribution is 2.18. The summed E-state index contributed by atoms with van der Waals surface area (Å²) in [5.41, 5.74) is 2.86. The molecule has 2 aromatic rings. The van der Waals surface area contributed by atoms with Crippen LogP contribution in [0.4, 0.5) is 5.69 Å². The fourth-order valence-electron chi connectivity index (χ4n) is 2.12. The minimum Gasteiger partial charge on any atom is -0.497 e. The number of methoxy groups -OCH3 is 1. The Labute approximate surface area is 153 Å². The zero-order valence-electron chi connectivity index (χ0n) is 13.5. The van der Waals surface area contributed by atoms with E-state index in [-0.39, 0.29) is 6.54 Å². The fraction of sp³-hybridized carbons (Fsp3) is 0.176. The molecule has 0 saturated heterocycles. The number of benzene rings is 2. The van der Waals surface area contributed by atoms with Crippen molar-refractivity contribution in [1.29, 1.82) is 0 Å². The molecule has 1 unspecified atom stereocenters. The van der Waals surface area contributed by atoms with Crippen LogP contribution in [-0.4, -0.2) is 30.7 Å². The Bertz CT molecular complexity index is 720. The summed E-state index contributed by atoms with van der Waals surface area (Å²) in [5.74, 6) is -0.405. The number of anilines is 1. The summed E-state index contributed by atoms with van der Waals surface area (Å²) in [5, 5.41) is 14.4. The second-order valence-corrected chi connectivity index (χ2v) is 6.03. The Kier molecular flexibility index (Phi) is 6.79. The molecule has 0 fully saturated rings. The Morgan fingerprint density at radius 1 is 1.12 bits per heavy atom. The minimum atomic E-state index is -0.997. The number of carbonyl (C=O) groups excluding carboxylic acids is 2. The first kappa shape index (κ1) is 18.8. The quantitative estimate of drug-likeness (QED) is 0.416. The largest absolute Gasteiger partial charge is 0.497 e. The average molecular weight is 408 g/mol. The smallest absolute Gasteiger partial charge is 0.270 e. The van der Waals surface area contributed by atoms with E-state index < -0.39 is 17.9 Å². The molecule has 7 nitrogen and oxygen atoms in total. The van der Waals surface area contributed by atoms with Gasteiger partial charge in [-0.1, -0.05) is 28.1 Å². The van der Waals surface area contributed by atoms with Crippen molar-refractivity contribution < 1.29 is 19.5 Å². The number of nitrogens with one attached hydrogen (secondary N) is 3. The lowest BCUT2D eigenvalue weighted by atomic mass is 10.1. The van der Waals surface area contributed by atoms with Crippen LogP contribution in [0.15, 0.2) is 53.0 Å². The van der Waals surface area contributed by atoms with E-state index >= 15 is 0 Å². The summed E-state index contributed by atoms with van der Waals surface area (Å²) in [6.07, 6.45) is 0. The van der Waals surface area contributed by atoms with Gasteiger partial charge in [0, 0.05) is 10.2 Å². The molecule has 0 aliphatic rings. The summed E-state index contributed by atoms with van der Waals surface area (Å²) in [7, 11) is 1.57. The van der Waals surface area contributed by atoms with E-state index in [1.165, 1.54) is 0 Å². The van der Waals surface area contributed by atoms with Crippen LogP contribution in [0.1, 0.15) is 11.6 Å².